The number of nitrogens with one attached hydrogen (secondary N) is 1. The quantitative estimate of drug-likeness (QED) is 0.675. The molecule has 28 heavy (non-hydrogen) atoms. The molecule has 1 fully saturated rings. The van der Waals surface area contributed by atoms with Gasteiger partial charge in [0.1, 0.15) is 5.75 Å². The number of hydrogen-bond donors (Lipinski definition) is 1. The zero-order valence-corrected chi connectivity index (χ0v) is 17.6. The van der Waals surface area contributed by atoms with Gasteiger partial charge in [-0.2, -0.15) is 0 Å². The molecule has 1 aliphatic carbocycles. The summed E-state index contributed by atoms with van der Waals surface area (Å²) in [5.41, 5.74) is 1.07. The topological polar surface area (TPSA) is 81.9 Å². The van der Waals surface area contributed by atoms with Crippen molar-refractivity contribution in [2.24, 2.45) is 5.92 Å². The molecule has 1 amide bonds. The van der Waals surface area contributed by atoms with Gasteiger partial charge in [-0.25, -0.2) is 4.68 Å². The van der Waals surface area contributed by atoms with E-state index in [2.05, 4.69) is 34.7 Å². The first-order chi connectivity index (χ1) is 13.6. The second kappa shape index (κ2) is 9.91. The molecular weight excluding hydrogens is 374 g/mol. The number of methoxy groups -OCH3 is 1. The summed E-state index contributed by atoms with van der Waals surface area (Å²) < 4.78 is 7.12. The van der Waals surface area contributed by atoms with Crippen LogP contribution in [0.15, 0.2) is 29.4 Å². The monoisotopic (exact) mass is 403 g/mol. The average Bonchev–Trinajstić information content (AvgIpc) is 3.20. The van der Waals surface area contributed by atoms with Crippen LogP contribution < -0.4 is 10.1 Å². The first-order valence-electron chi connectivity index (χ1n) is 9.92. The molecule has 1 atom stereocenters. The lowest BCUT2D eigenvalue weighted by molar-refractivity contribution is -0.119. The minimum Gasteiger partial charge on any atom is -0.497 e. The molecule has 1 aromatic heterocycles. The van der Waals surface area contributed by atoms with Crippen molar-refractivity contribution in [1.82, 2.24) is 25.5 Å². The number of aromatic nitrogens is 4. The lowest BCUT2D eigenvalue weighted by Crippen LogP contribution is -2.33. The molecule has 1 saturated carbocycles. The maximum atomic E-state index is 12.6. The van der Waals surface area contributed by atoms with Crippen molar-refractivity contribution in [3.8, 4) is 5.75 Å². The fourth-order valence-corrected chi connectivity index (χ4v) is 4.38. The molecule has 3 rings (SSSR count). The summed E-state index contributed by atoms with van der Waals surface area (Å²) in [6.07, 6.45) is 5.93. The van der Waals surface area contributed by atoms with Crippen LogP contribution >= 0.6 is 11.8 Å². The van der Waals surface area contributed by atoms with Crippen LogP contribution in [0.3, 0.4) is 0 Å². The Hall–Kier alpha value is -2.09. The zero-order valence-electron chi connectivity index (χ0n) is 16.8. The largest absolute Gasteiger partial charge is 0.497 e. The SMILES string of the molecule is COc1ccc(C(NC(=O)CSc2nnnn2C2CCCCC2)C(C)C)cc1. The third kappa shape index (κ3) is 5.25. The van der Waals surface area contributed by atoms with Crippen LogP contribution in [-0.4, -0.2) is 39.0 Å². The van der Waals surface area contributed by atoms with Crippen LogP contribution in [0, 0.1) is 5.92 Å². The molecule has 0 bridgehead atoms. The van der Waals surface area contributed by atoms with Gasteiger partial charge in [0.15, 0.2) is 0 Å². The number of amides is 1. The Morgan fingerprint density at radius 2 is 1.96 bits per heavy atom. The summed E-state index contributed by atoms with van der Waals surface area (Å²) in [7, 11) is 1.65. The summed E-state index contributed by atoms with van der Waals surface area (Å²) in [5.74, 6) is 1.36. The highest BCUT2D eigenvalue weighted by atomic mass is 32.2. The molecule has 1 N–H and O–H groups in total. The van der Waals surface area contributed by atoms with Crippen LogP contribution in [0.2, 0.25) is 0 Å². The van der Waals surface area contributed by atoms with Crippen molar-refractivity contribution < 1.29 is 9.53 Å². The van der Waals surface area contributed by atoms with Crippen LogP contribution in [-0.2, 0) is 4.79 Å². The Bertz CT molecular complexity index is 756. The second-order valence-corrected chi connectivity index (χ2v) is 8.49. The highest BCUT2D eigenvalue weighted by Crippen LogP contribution is 2.30. The molecule has 0 radical (unpaired) electrons. The van der Waals surface area contributed by atoms with E-state index >= 15 is 0 Å². The molecule has 0 spiro atoms. The number of rotatable bonds is 8. The van der Waals surface area contributed by atoms with Gasteiger partial charge in [-0.05, 0) is 46.9 Å². The Kier molecular flexibility index (Phi) is 7.30. The predicted octanol–water partition coefficient (Wildman–Crippen LogP) is 3.79. The molecule has 7 nitrogen and oxygen atoms in total. The Morgan fingerprint density at radius 3 is 2.61 bits per heavy atom. The first kappa shape index (κ1) is 20.6. The minimum atomic E-state index is -0.0478. The van der Waals surface area contributed by atoms with Gasteiger partial charge < -0.3 is 10.1 Å². The van der Waals surface area contributed by atoms with Crippen molar-refractivity contribution in [2.75, 3.05) is 12.9 Å². The third-order valence-electron chi connectivity index (χ3n) is 5.17. The predicted molar refractivity (Wildman–Crippen MR) is 109 cm³/mol. The van der Waals surface area contributed by atoms with Crippen LogP contribution in [0.25, 0.3) is 0 Å². The van der Waals surface area contributed by atoms with Crippen molar-refractivity contribution >= 4 is 17.7 Å². The molecular formula is C20H29N5O2S. The van der Waals surface area contributed by atoms with Crippen LogP contribution in [0.5, 0.6) is 5.75 Å². The summed E-state index contributed by atoms with van der Waals surface area (Å²) in [5, 5.41) is 16.0. The van der Waals surface area contributed by atoms with E-state index in [0.29, 0.717) is 11.8 Å². The maximum Gasteiger partial charge on any atom is 0.230 e. The molecule has 1 aliphatic rings. The lowest BCUT2D eigenvalue weighted by Gasteiger charge is -2.23. The molecule has 2 aromatic rings. The normalized spacial score (nSPS) is 16.1. The number of hydrogen-bond acceptors (Lipinski definition) is 6. The van der Waals surface area contributed by atoms with Crippen molar-refractivity contribution in [3.63, 3.8) is 0 Å². The smallest absolute Gasteiger partial charge is 0.230 e. The van der Waals surface area contributed by atoms with E-state index in [1.165, 1.54) is 31.0 Å². The Labute approximate surface area is 170 Å². The van der Waals surface area contributed by atoms with Crippen molar-refractivity contribution in [2.45, 2.75) is 63.2 Å². The summed E-state index contributed by atoms with van der Waals surface area (Å²) in [6, 6.07) is 8.15. The summed E-state index contributed by atoms with van der Waals surface area (Å²) in [4.78, 5) is 12.6. The van der Waals surface area contributed by atoms with Crippen LogP contribution in [0.4, 0.5) is 0 Å². The number of benzene rings is 1. The van der Waals surface area contributed by atoms with Crippen molar-refractivity contribution in [1.29, 1.82) is 0 Å². The maximum absolute atomic E-state index is 12.6. The lowest BCUT2D eigenvalue weighted by atomic mass is 9.96. The van der Waals surface area contributed by atoms with Gasteiger partial charge in [-0.3, -0.25) is 4.79 Å². The Balaban J connectivity index is 1.59. The van der Waals surface area contributed by atoms with Crippen molar-refractivity contribution in [3.05, 3.63) is 29.8 Å². The number of carbonyl (C=O) groups is 1. The average molecular weight is 404 g/mol. The van der Waals surface area contributed by atoms with Gasteiger partial charge in [0, 0.05) is 0 Å². The molecule has 8 heteroatoms. The summed E-state index contributed by atoms with van der Waals surface area (Å²) in [6.45, 7) is 4.21. The highest BCUT2D eigenvalue weighted by Gasteiger charge is 2.22. The minimum absolute atomic E-state index is 0.0160. The number of ether oxygens (including phenoxy) is 1. The number of nitrogens with zero attached hydrogens (tertiary/aromatic N) is 4. The van der Waals surface area contributed by atoms with Gasteiger partial charge in [0.2, 0.25) is 11.1 Å². The fourth-order valence-electron chi connectivity index (χ4n) is 3.63. The van der Waals surface area contributed by atoms with E-state index in [1.54, 1.807) is 7.11 Å². The molecule has 1 heterocycles. The summed E-state index contributed by atoms with van der Waals surface area (Å²) >= 11 is 1.41. The van der Waals surface area contributed by atoms with E-state index in [0.717, 1.165) is 29.3 Å². The first-order valence-corrected chi connectivity index (χ1v) is 10.9. The molecule has 0 aliphatic heterocycles. The van der Waals surface area contributed by atoms with E-state index in [4.69, 9.17) is 4.74 Å². The van der Waals surface area contributed by atoms with Gasteiger partial charge in [0.05, 0.1) is 24.9 Å². The highest BCUT2D eigenvalue weighted by molar-refractivity contribution is 7.99. The third-order valence-corrected chi connectivity index (χ3v) is 6.11. The number of thioether (sulfide) groups is 1. The molecule has 152 valence electrons. The number of carbonyl (C=O) groups excluding carboxylic acids is 1. The number of tetrazole rings is 1. The van der Waals surface area contributed by atoms with E-state index in [1.807, 2.05) is 28.9 Å². The zero-order chi connectivity index (χ0) is 19.9. The van der Waals surface area contributed by atoms with Gasteiger partial charge >= 0.3 is 0 Å². The van der Waals surface area contributed by atoms with E-state index in [-0.39, 0.29) is 17.9 Å². The standard InChI is InChI=1S/C20H29N5O2S/c1-14(2)19(15-9-11-17(27-3)12-10-15)21-18(26)13-28-20-22-23-24-25(20)16-7-5-4-6-8-16/h9-12,14,16,19H,4-8,13H2,1-3H3,(H,21,26). The van der Waals surface area contributed by atoms with Gasteiger partial charge in [-0.1, -0.05) is 57.0 Å². The van der Waals surface area contributed by atoms with E-state index in [9.17, 15) is 4.79 Å². The molecule has 1 unspecified atom stereocenters. The van der Waals surface area contributed by atoms with Gasteiger partial charge in [0.25, 0.3) is 0 Å². The second-order valence-electron chi connectivity index (χ2n) is 7.55. The molecule has 1 aromatic carbocycles. The molecule has 0 saturated heterocycles. The fraction of sp³-hybridized carbons (Fsp3) is 0.600. The van der Waals surface area contributed by atoms with Gasteiger partial charge in [-0.15, -0.1) is 5.10 Å². The Morgan fingerprint density at radius 1 is 1.25 bits per heavy atom. The van der Waals surface area contributed by atoms with Crippen LogP contribution in [0.1, 0.15) is 63.6 Å². The van der Waals surface area contributed by atoms with E-state index < -0.39 is 0 Å².